The van der Waals surface area contributed by atoms with Crippen molar-refractivity contribution in [3.63, 3.8) is 0 Å². The van der Waals surface area contributed by atoms with E-state index in [9.17, 15) is 0 Å². The molecular formula is C18H22ClNO2. The predicted octanol–water partition coefficient (Wildman–Crippen LogP) is 5.14. The van der Waals surface area contributed by atoms with E-state index in [1.54, 1.807) is 0 Å². The third-order valence-corrected chi connectivity index (χ3v) is 3.37. The zero-order chi connectivity index (χ0) is 15.8. The number of para-hydroxylation sites is 1. The van der Waals surface area contributed by atoms with Crippen molar-refractivity contribution in [3.05, 3.63) is 53.1 Å². The number of hydrogen-bond donors (Lipinski definition) is 1. The third-order valence-electron chi connectivity index (χ3n) is 3.09. The Kier molecular flexibility index (Phi) is 6.41. The lowest BCUT2D eigenvalue weighted by Crippen LogP contribution is -2.04. The molecule has 0 saturated carbocycles. The van der Waals surface area contributed by atoms with Gasteiger partial charge in [-0.15, -0.1) is 0 Å². The SMILES string of the molecule is CCCOc1c(Cl)cc(CNc2ccccc2)cc1OCC. The van der Waals surface area contributed by atoms with Crippen LogP contribution in [0.5, 0.6) is 11.5 Å². The van der Waals surface area contributed by atoms with Crippen LogP contribution in [-0.2, 0) is 6.54 Å². The van der Waals surface area contributed by atoms with Crippen molar-refractivity contribution >= 4 is 17.3 Å². The summed E-state index contributed by atoms with van der Waals surface area (Å²) < 4.78 is 11.4. The highest BCUT2D eigenvalue weighted by Crippen LogP contribution is 2.37. The summed E-state index contributed by atoms with van der Waals surface area (Å²) in [4.78, 5) is 0. The maximum atomic E-state index is 6.36. The topological polar surface area (TPSA) is 30.5 Å². The quantitative estimate of drug-likeness (QED) is 0.730. The highest BCUT2D eigenvalue weighted by molar-refractivity contribution is 6.32. The summed E-state index contributed by atoms with van der Waals surface area (Å²) >= 11 is 6.36. The fourth-order valence-electron chi connectivity index (χ4n) is 2.09. The number of ether oxygens (including phenoxy) is 2. The molecule has 3 nitrogen and oxygen atoms in total. The van der Waals surface area contributed by atoms with Gasteiger partial charge < -0.3 is 14.8 Å². The Morgan fingerprint density at radius 3 is 2.50 bits per heavy atom. The highest BCUT2D eigenvalue weighted by Gasteiger charge is 2.12. The second-order valence-corrected chi connectivity index (χ2v) is 5.31. The summed E-state index contributed by atoms with van der Waals surface area (Å²) in [6.07, 6.45) is 0.930. The summed E-state index contributed by atoms with van der Waals surface area (Å²) in [7, 11) is 0. The van der Waals surface area contributed by atoms with Crippen molar-refractivity contribution in [1.82, 2.24) is 0 Å². The lowest BCUT2D eigenvalue weighted by molar-refractivity contribution is 0.277. The number of anilines is 1. The Balaban J connectivity index is 2.14. The molecule has 0 heterocycles. The van der Waals surface area contributed by atoms with Gasteiger partial charge in [-0.2, -0.15) is 0 Å². The molecule has 0 spiro atoms. The molecular weight excluding hydrogens is 298 g/mol. The highest BCUT2D eigenvalue weighted by atomic mass is 35.5. The molecule has 0 radical (unpaired) electrons. The van der Waals surface area contributed by atoms with Crippen molar-refractivity contribution in [2.24, 2.45) is 0 Å². The molecule has 0 aliphatic carbocycles. The summed E-state index contributed by atoms with van der Waals surface area (Å²) in [5.41, 5.74) is 2.13. The van der Waals surface area contributed by atoms with Gasteiger partial charge in [0.1, 0.15) is 0 Å². The summed E-state index contributed by atoms with van der Waals surface area (Å²) in [5.74, 6) is 1.34. The fourth-order valence-corrected chi connectivity index (χ4v) is 2.38. The van der Waals surface area contributed by atoms with Gasteiger partial charge in [0.15, 0.2) is 11.5 Å². The maximum Gasteiger partial charge on any atom is 0.179 e. The minimum atomic E-state index is 0.578. The Morgan fingerprint density at radius 2 is 1.82 bits per heavy atom. The molecule has 0 bridgehead atoms. The minimum absolute atomic E-state index is 0.578. The van der Waals surface area contributed by atoms with E-state index in [-0.39, 0.29) is 0 Å². The van der Waals surface area contributed by atoms with Gasteiger partial charge in [-0.05, 0) is 43.2 Å². The van der Waals surface area contributed by atoms with Crippen LogP contribution in [0.2, 0.25) is 5.02 Å². The molecule has 0 aliphatic rings. The molecule has 22 heavy (non-hydrogen) atoms. The van der Waals surface area contributed by atoms with E-state index >= 15 is 0 Å². The zero-order valence-corrected chi connectivity index (χ0v) is 13.8. The van der Waals surface area contributed by atoms with Gasteiger partial charge in [-0.1, -0.05) is 36.7 Å². The van der Waals surface area contributed by atoms with Crippen LogP contribution in [0.3, 0.4) is 0 Å². The molecule has 4 heteroatoms. The normalized spacial score (nSPS) is 10.3. The van der Waals surface area contributed by atoms with E-state index in [2.05, 4.69) is 12.2 Å². The number of hydrogen-bond acceptors (Lipinski definition) is 3. The van der Waals surface area contributed by atoms with Crippen LogP contribution in [0.25, 0.3) is 0 Å². The van der Waals surface area contributed by atoms with Crippen molar-refractivity contribution in [2.45, 2.75) is 26.8 Å². The summed E-state index contributed by atoms with van der Waals surface area (Å²) in [6, 6.07) is 14.0. The number of rotatable bonds is 8. The van der Waals surface area contributed by atoms with Crippen molar-refractivity contribution in [2.75, 3.05) is 18.5 Å². The van der Waals surface area contributed by atoms with Gasteiger partial charge >= 0.3 is 0 Å². The van der Waals surface area contributed by atoms with Gasteiger partial charge in [-0.25, -0.2) is 0 Å². The molecule has 0 aromatic heterocycles. The van der Waals surface area contributed by atoms with Gasteiger partial charge in [0.25, 0.3) is 0 Å². The monoisotopic (exact) mass is 319 g/mol. The molecule has 118 valence electrons. The predicted molar refractivity (Wildman–Crippen MR) is 92.2 cm³/mol. The molecule has 2 aromatic rings. The smallest absolute Gasteiger partial charge is 0.179 e. The van der Waals surface area contributed by atoms with E-state index in [1.807, 2.05) is 49.4 Å². The Morgan fingerprint density at radius 1 is 1.05 bits per heavy atom. The van der Waals surface area contributed by atoms with Crippen molar-refractivity contribution in [3.8, 4) is 11.5 Å². The van der Waals surface area contributed by atoms with Crippen LogP contribution in [0.4, 0.5) is 5.69 Å². The molecule has 2 rings (SSSR count). The van der Waals surface area contributed by atoms with Crippen LogP contribution in [0.15, 0.2) is 42.5 Å². The Labute approximate surface area is 137 Å². The van der Waals surface area contributed by atoms with E-state index < -0.39 is 0 Å². The van der Waals surface area contributed by atoms with E-state index in [0.29, 0.717) is 36.3 Å². The molecule has 0 amide bonds. The minimum Gasteiger partial charge on any atom is -0.490 e. The molecule has 0 unspecified atom stereocenters. The molecule has 2 aromatic carbocycles. The van der Waals surface area contributed by atoms with Gasteiger partial charge in [0.2, 0.25) is 0 Å². The van der Waals surface area contributed by atoms with Gasteiger partial charge in [0, 0.05) is 12.2 Å². The van der Waals surface area contributed by atoms with Crippen LogP contribution in [-0.4, -0.2) is 13.2 Å². The lowest BCUT2D eigenvalue weighted by Gasteiger charge is -2.15. The fraction of sp³-hybridized carbons (Fsp3) is 0.333. The first kappa shape index (κ1) is 16.5. The number of halogens is 1. The Bertz CT molecular complexity index is 587. The molecule has 0 fully saturated rings. The summed E-state index contributed by atoms with van der Waals surface area (Å²) in [5, 5.41) is 3.95. The van der Waals surface area contributed by atoms with Gasteiger partial charge in [0.05, 0.1) is 18.2 Å². The van der Waals surface area contributed by atoms with Crippen molar-refractivity contribution < 1.29 is 9.47 Å². The second-order valence-electron chi connectivity index (χ2n) is 4.91. The van der Waals surface area contributed by atoms with Crippen LogP contribution in [0, 0.1) is 0 Å². The zero-order valence-electron chi connectivity index (χ0n) is 13.1. The molecule has 1 N–H and O–H groups in total. The standard InChI is InChI=1S/C18H22ClNO2/c1-3-10-22-18-16(19)11-14(12-17(18)21-4-2)13-20-15-8-6-5-7-9-15/h5-9,11-12,20H,3-4,10,13H2,1-2H3. The van der Waals surface area contributed by atoms with Crippen molar-refractivity contribution in [1.29, 1.82) is 0 Å². The van der Waals surface area contributed by atoms with E-state index in [1.165, 1.54) is 0 Å². The Hall–Kier alpha value is -1.87. The van der Waals surface area contributed by atoms with E-state index in [0.717, 1.165) is 17.7 Å². The first-order chi connectivity index (χ1) is 10.7. The molecule has 0 saturated heterocycles. The first-order valence-corrected chi connectivity index (χ1v) is 7.99. The summed E-state index contributed by atoms with van der Waals surface area (Å²) in [6.45, 7) is 5.90. The molecule has 0 aliphatic heterocycles. The largest absolute Gasteiger partial charge is 0.490 e. The maximum absolute atomic E-state index is 6.36. The van der Waals surface area contributed by atoms with Gasteiger partial charge in [-0.3, -0.25) is 0 Å². The number of benzene rings is 2. The van der Waals surface area contributed by atoms with Crippen LogP contribution >= 0.6 is 11.6 Å². The third kappa shape index (κ3) is 4.57. The van der Waals surface area contributed by atoms with Crippen LogP contribution in [0.1, 0.15) is 25.8 Å². The lowest BCUT2D eigenvalue weighted by atomic mass is 10.2. The van der Waals surface area contributed by atoms with Crippen LogP contribution < -0.4 is 14.8 Å². The van der Waals surface area contributed by atoms with E-state index in [4.69, 9.17) is 21.1 Å². The first-order valence-electron chi connectivity index (χ1n) is 7.61. The number of nitrogens with one attached hydrogen (secondary N) is 1. The molecule has 0 atom stereocenters. The average Bonchev–Trinajstić information content (AvgIpc) is 2.53. The average molecular weight is 320 g/mol. The second kappa shape index (κ2) is 8.54.